The van der Waals surface area contributed by atoms with Crippen LogP contribution in [0.15, 0.2) is 36.4 Å². The normalized spacial score (nSPS) is 14.8. The zero-order valence-corrected chi connectivity index (χ0v) is 13.2. The minimum atomic E-state index is 0.153. The number of nitrogens with one attached hydrogen (secondary N) is 2. The van der Waals surface area contributed by atoms with E-state index in [2.05, 4.69) is 20.8 Å². The van der Waals surface area contributed by atoms with Crippen LogP contribution in [0, 0.1) is 6.92 Å². The van der Waals surface area contributed by atoms with Crippen molar-refractivity contribution in [1.29, 1.82) is 0 Å². The Morgan fingerprint density at radius 2 is 2.09 bits per heavy atom. The van der Waals surface area contributed by atoms with Crippen LogP contribution in [0.2, 0.25) is 0 Å². The Labute approximate surface area is 135 Å². The minimum absolute atomic E-state index is 0.153. The Balaban J connectivity index is 1.59. The molecule has 120 valence electrons. The summed E-state index contributed by atoms with van der Waals surface area (Å²) < 4.78 is 0. The number of benzene rings is 1. The van der Waals surface area contributed by atoms with Gasteiger partial charge in [0.2, 0.25) is 5.91 Å². The van der Waals surface area contributed by atoms with Crippen molar-refractivity contribution in [2.24, 2.45) is 0 Å². The van der Waals surface area contributed by atoms with Gasteiger partial charge in [0.05, 0.1) is 12.2 Å². The van der Waals surface area contributed by atoms with Gasteiger partial charge < -0.3 is 15.5 Å². The van der Waals surface area contributed by atoms with Gasteiger partial charge in [0, 0.05) is 31.7 Å². The van der Waals surface area contributed by atoms with Crippen LogP contribution in [0.1, 0.15) is 5.56 Å². The van der Waals surface area contributed by atoms with Gasteiger partial charge in [-0.15, -0.1) is 10.2 Å². The van der Waals surface area contributed by atoms with Crippen LogP contribution in [0.4, 0.5) is 5.82 Å². The number of nitrogens with zero attached hydrogens (tertiary/aromatic N) is 3. The summed E-state index contributed by atoms with van der Waals surface area (Å²) in [5.41, 5.74) is 2.97. The molecule has 6 heteroatoms. The highest BCUT2D eigenvalue weighted by atomic mass is 16.2. The zero-order chi connectivity index (χ0) is 16.1. The zero-order valence-electron chi connectivity index (χ0n) is 13.2. The first-order valence-electron chi connectivity index (χ1n) is 7.86. The number of hydrogen-bond donors (Lipinski definition) is 2. The van der Waals surface area contributed by atoms with Crippen molar-refractivity contribution in [3.05, 3.63) is 42.0 Å². The Hall–Kier alpha value is -2.47. The minimum Gasteiger partial charge on any atom is -0.367 e. The van der Waals surface area contributed by atoms with Gasteiger partial charge in [0.25, 0.3) is 0 Å². The summed E-state index contributed by atoms with van der Waals surface area (Å²) in [6.45, 7) is 5.42. The van der Waals surface area contributed by atoms with Crippen LogP contribution in [0.5, 0.6) is 0 Å². The number of anilines is 1. The molecule has 0 saturated carbocycles. The summed E-state index contributed by atoms with van der Waals surface area (Å²) in [6.07, 6.45) is 0. The van der Waals surface area contributed by atoms with Gasteiger partial charge in [0.1, 0.15) is 0 Å². The van der Waals surface area contributed by atoms with Crippen molar-refractivity contribution < 1.29 is 4.79 Å². The molecule has 3 rings (SSSR count). The molecule has 2 heterocycles. The molecule has 1 aliphatic rings. The number of aromatic nitrogens is 2. The Morgan fingerprint density at radius 3 is 2.83 bits per heavy atom. The third-order valence-electron chi connectivity index (χ3n) is 3.92. The summed E-state index contributed by atoms with van der Waals surface area (Å²) in [5.74, 6) is 0.924. The van der Waals surface area contributed by atoms with Crippen molar-refractivity contribution in [1.82, 2.24) is 20.4 Å². The fourth-order valence-electron chi connectivity index (χ4n) is 2.60. The summed E-state index contributed by atoms with van der Waals surface area (Å²) >= 11 is 0. The van der Waals surface area contributed by atoms with E-state index in [0.717, 1.165) is 35.7 Å². The van der Waals surface area contributed by atoms with E-state index in [1.54, 1.807) is 0 Å². The SMILES string of the molecule is Cc1cc(-c2ccccc2)nnc1NCCN1CCNCC1=O. The first kappa shape index (κ1) is 15.4. The number of rotatable bonds is 5. The monoisotopic (exact) mass is 311 g/mol. The Bertz CT molecular complexity index is 674. The lowest BCUT2D eigenvalue weighted by Crippen LogP contribution is -2.49. The van der Waals surface area contributed by atoms with Gasteiger partial charge in [-0.05, 0) is 18.6 Å². The van der Waals surface area contributed by atoms with E-state index < -0.39 is 0 Å². The number of carbonyl (C=O) groups is 1. The molecular formula is C17H21N5O. The number of aryl methyl sites for hydroxylation is 1. The lowest BCUT2D eigenvalue weighted by molar-refractivity contribution is -0.131. The lowest BCUT2D eigenvalue weighted by Gasteiger charge is -2.27. The van der Waals surface area contributed by atoms with Crippen molar-refractivity contribution >= 4 is 11.7 Å². The molecule has 6 nitrogen and oxygen atoms in total. The van der Waals surface area contributed by atoms with Crippen LogP contribution in [-0.2, 0) is 4.79 Å². The first-order chi connectivity index (χ1) is 11.2. The van der Waals surface area contributed by atoms with Crippen LogP contribution >= 0.6 is 0 Å². The molecule has 1 aromatic heterocycles. The van der Waals surface area contributed by atoms with Gasteiger partial charge >= 0.3 is 0 Å². The van der Waals surface area contributed by atoms with Crippen LogP contribution in [-0.4, -0.2) is 53.7 Å². The number of hydrogen-bond acceptors (Lipinski definition) is 5. The van der Waals surface area contributed by atoms with Crippen molar-refractivity contribution in [3.8, 4) is 11.3 Å². The number of piperazine rings is 1. The summed E-state index contributed by atoms with van der Waals surface area (Å²) in [5, 5.41) is 14.9. The fraction of sp³-hybridized carbons (Fsp3) is 0.353. The highest BCUT2D eigenvalue weighted by Gasteiger charge is 2.16. The van der Waals surface area contributed by atoms with Crippen molar-refractivity contribution in [2.45, 2.75) is 6.92 Å². The highest BCUT2D eigenvalue weighted by Crippen LogP contribution is 2.19. The van der Waals surface area contributed by atoms with E-state index in [9.17, 15) is 4.79 Å². The summed E-state index contributed by atoms with van der Waals surface area (Å²) in [6, 6.07) is 12.0. The average Bonchev–Trinajstić information content (AvgIpc) is 2.59. The maximum atomic E-state index is 11.7. The van der Waals surface area contributed by atoms with E-state index in [0.29, 0.717) is 19.6 Å². The van der Waals surface area contributed by atoms with E-state index in [-0.39, 0.29) is 5.91 Å². The predicted octanol–water partition coefficient (Wildman–Crippen LogP) is 1.30. The average molecular weight is 311 g/mol. The van der Waals surface area contributed by atoms with E-state index in [1.165, 1.54) is 0 Å². The maximum Gasteiger partial charge on any atom is 0.236 e. The standard InChI is InChI=1S/C17H21N5O/c1-13-11-15(14-5-3-2-4-6-14)20-21-17(13)19-8-10-22-9-7-18-12-16(22)23/h2-6,11,18H,7-10,12H2,1H3,(H,19,21). The van der Waals surface area contributed by atoms with Gasteiger partial charge in [-0.3, -0.25) is 4.79 Å². The van der Waals surface area contributed by atoms with Crippen LogP contribution < -0.4 is 10.6 Å². The molecule has 0 bridgehead atoms. The van der Waals surface area contributed by atoms with Gasteiger partial charge in [-0.2, -0.15) is 0 Å². The number of amides is 1. The molecule has 0 spiro atoms. The molecule has 0 atom stereocenters. The quantitative estimate of drug-likeness (QED) is 0.871. The molecule has 2 aromatic rings. The Kier molecular flexibility index (Phi) is 4.83. The molecule has 1 aromatic carbocycles. The van der Waals surface area contributed by atoms with E-state index >= 15 is 0 Å². The second kappa shape index (κ2) is 7.19. The molecule has 1 amide bonds. The topological polar surface area (TPSA) is 70.2 Å². The molecule has 0 aliphatic carbocycles. The van der Waals surface area contributed by atoms with Crippen LogP contribution in [0.3, 0.4) is 0 Å². The molecule has 23 heavy (non-hydrogen) atoms. The van der Waals surface area contributed by atoms with Gasteiger partial charge in [-0.1, -0.05) is 30.3 Å². The Morgan fingerprint density at radius 1 is 1.26 bits per heavy atom. The van der Waals surface area contributed by atoms with E-state index in [4.69, 9.17) is 0 Å². The molecule has 1 saturated heterocycles. The predicted molar refractivity (Wildman–Crippen MR) is 90.1 cm³/mol. The van der Waals surface area contributed by atoms with Crippen LogP contribution in [0.25, 0.3) is 11.3 Å². The summed E-state index contributed by atoms with van der Waals surface area (Å²) in [7, 11) is 0. The number of carbonyl (C=O) groups excluding carboxylic acids is 1. The summed E-state index contributed by atoms with van der Waals surface area (Å²) in [4.78, 5) is 13.6. The van der Waals surface area contributed by atoms with E-state index in [1.807, 2.05) is 48.2 Å². The molecule has 0 radical (unpaired) electrons. The van der Waals surface area contributed by atoms with Gasteiger partial charge in [0.15, 0.2) is 5.82 Å². The third-order valence-corrected chi connectivity index (χ3v) is 3.92. The molecule has 0 unspecified atom stereocenters. The van der Waals surface area contributed by atoms with Crippen molar-refractivity contribution in [2.75, 3.05) is 38.0 Å². The third kappa shape index (κ3) is 3.84. The second-order valence-corrected chi connectivity index (χ2v) is 5.61. The smallest absolute Gasteiger partial charge is 0.236 e. The fourth-order valence-corrected chi connectivity index (χ4v) is 2.60. The highest BCUT2D eigenvalue weighted by molar-refractivity contribution is 5.79. The largest absolute Gasteiger partial charge is 0.367 e. The first-order valence-corrected chi connectivity index (χ1v) is 7.86. The van der Waals surface area contributed by atoms with Crippen molar-refractivity contribution in [3.63, 3.8) is 0 Å². The lowest BCUT2D eigenvalue weighted by atomic mass is 10.1. The maximum absolute atomic E-state index is 11.7. The molecule has 2 N–H and O–H groups in total. The second-order valence-electron chi connectivity index (χ2n) is 5.61. The molecule has 1 fully saturated rings. The molecule has 1 aliphatic heterocycles. The van der Waals surface area contributed by atoms with Gasteiger partial charge in [-0.25, -0.2) is 0 Å². The molecular weight excluding hydrogens is 290 g/mol.